The van der Waals surface area contributed by atoms with E-state index in [1.54, 1.807) is 18.2 Å². The van der Waals surface area contributed by atoms with Crippen LogP contribution >= 0.6 is 0 Å². The van der Waals surface area contributed by atoms with Gasteiger partial charge < -0.3 is 4.74 Å². The van der Waals surface area contributed by atoms with Crippen molar-refractivity contribution in [3.8, 4) is 0 Å². The van der Waals surface area contributed by atoms with Crippen molar-refractivity contribution in [2.24, 2.45) is 11.8 Å². The lowest BCUT2D eigenvalue weighted by molar-refractivity contribution is -0.244. The largest absolute Gasteiger partial charge is 0.360 e. The molecular weight excluding hydrogens is 493 g/mol. The van der Waals surface area contributed by atoms with E-state index < -0.39 is 25.0 Å². The molecule has 0 saturated heterocycles. The van der Waals surface area contributed by atoms with Crippen molar-refractivity contribution in [1.82, 2.24) is 0 Å². The Bertz CT molecular complexity index is 1010. The molecule has 0 heterocycles. The van der Waals surface area contributed by atoms with Gasteiger partial charge in [0.15, 0.2) is 0 Å². The maximum absolute atomic E-state index is 14.7. The van der Waals surface area contributed by atoms with Gasteiger partial charge in [-0.3, -0.25) is 0 Å². The number of unbranched alkanes of at least 4 members (excludes halogenated alkanes) is 3. The monoisotopic (exact) mass is 540 g/mol. The quantitative estimate of drug-likeness (QED) is 0.181. The van der Waals surface area contributed by atoms with Crippen molar-refractivity contribution in [3.05, 3.63) is 83.2 Å². The minimum atomic E-state index is -3.36. The second-order valence-electron chi connectivity index (χ2n) is 12.1. The topological polar surface area (TPSA) is 9.23 Å². The van der Waals surface area contributed by atoms with E-state index in [1.807, 2.05) is 24.3 Å². The first-order valence-corrected chi connectivity index (χ1v) is 15.4. The highest BCUT2D eigenvalue weighted by Gasteiger charge is 2.31. The van der Waals surface area contributed by atoms with Gasteiger partial charge in [0, 0.05) is 5.56 Å². The van der Waals surface area contributed by atoms with Crippen LogP contribution in [0.1, 0.15) is 124 Å². The summed E-state index contributed by atoms with van der Waals surface area (Å²) < 4.78 is 49.0. The van der Waals surface area contributed by atoms with Crippen LogP contribution in [-0.2, 0) is 17.8 Å². The van der Waals surface area contributed by atoms with E-state index in [0.29, 0.717) is 23.3 Å². The summed E-state index contributed by atoms with van der Waals surface area (Å²) in [6, 6.07) is 12.6. The Morgan fingerprint density at radius 2 is 1.49 bits per heavy atom. The maximum Gasteiger partial charge on any atom is 0.360 e. The molecule has 4 heteroatoms. The van der Waals surface area contributed by atoms with Crippen molar-refractivity contribution < 1.29 is 17.9 Å². The lowest BCUT2D eigenvalue weighted by atomic mass is 9.77. The van der Waals surface area contributed by atoms with E-state index in [9.17, 15) is 13.2 Å². The van der Waals surface area contributed by atoms with Gasteiger partial charge in [0.1, 0.15) is 5.82 Å². The number of allylic oxidation sites excluding steroid dienone is 1. The summed E-state index contributed by atoms with van der Waals surface area (Å²) in [5, 5.41) is 0. The van der Waals surface area contributed by atoms with Gasteiger partial charge in [0.25, 0.3) is 0 Å². The molecule has 0 radical (unpaired) electrons. The number of hydrogen-bond acceptors (Lipinski definition) is 1. The van der Waals surface area contributed by atoms with Crippen LogP contribution in [0, 0.1) is 17.7 Å². The molecule has 0 bridgehead atoms. The molecule has 0 N–H and O–H groups in total. The van der Waals surface area contributed by atoms with Crippen molar-refractivity contribution >= 4 is 0 Å². The van der Waals surface area contributed by atoms with Gasteiger partial charge in [-0.1, -0.05) is 81.5 Å². The standard InChI is InChI=1S/C35H47F3O/c1-3-5-6-7-8-27-11-17-29(18-12-27)30-19-13-28(14-20-30)24-35(37,38)39-25-33-22-21-32(23-34(33)36)31-15-9-26(4-2)10-16-31/h4,13-14,19-23,26-27,29,31H,2-3,5-12,15-18,24-25H2,1H3. The molecule has 0 unspecified atom stereocenters. The predicted octanol–water partition coefficient (Wildman–Crippen LogP) is 10.9. The predicted molar refractivity (Wildman–Crippen MR) is 155 cm³/mol. The number of alkyl halides is 2. The molecule has 2 aliphatic rings. The Hall–Kier alpha value is -2.07. The summed E-state index contributed by atoms with van der Waals surface area (Å²) in [5.41, 5.74) is 2.92. The van der Waals surface area contributed by atoms with Crippen molar-refractivity contribution in [1.29, 1.82) is 0 Å². The minimum absolute atomic E-state index is 0.175. The second-order valence-corrected chi connectivity index (χ2v) is 12.1. The van der Waals surface area contributed by atoms with Gasteiger partial charge in [-0.05, 0) is 97.8 Å². The fourth-order valence-corrected chi connectivity index (χ4v) is 6.65. The average molecular weight is 541 g/mol. The number of hydrogen-bond donors (Lipinski definition) is 0. The van der Waals surface area contributed by atoms with E-state index >= 15 is 0 Å². The Morgan fingerprint density at radius 3 is 2.13 bits per heavy atom. The molecule has 0 amide bonds. The van der Waals surface area contributed by atoms with Crippen molar-refractivity contribution in [2.45, 2.75) is 121 Å². The highest BCUT2D eigenvalue weighted by Crippen LogP contribution is 2.39. The maximum atomic E-state index is 14.7. The number of halogens is 3. The smallest absolute Gasteiger partial charge is 0.315 e. The van der Waals surface area contributed by atoms with Crippen LogP contribution in [-0.4, -0.2) is 6.11 Å². The first kappa shape index (κ1) is 29.9. The van der Waals surface area contributed by atoms with Crippen LogP contribution in [0.25, 0.3) is 0 Å². The zero-order valence-corrected chi connectivity index (χ0v) is 23.8. The lowest BCUT2D eigenvalue weighted by Gasteiger charge is -2.29. The van der Waals surface area contributed by atoms with E-state index in [4.69, 9.17) is 4.74 Å². The van der Waals surface area contributed by atoms with E-state index in [1.165, 1.54) is 69.4 Å². The summed E-state index contributed by atoms with van der Waals surface area (Å²) in [4.78, 5) is 0. The Labute approximate surface area is 234 Å². The van der Waals surface area contributed by atoms with Crippen molar-refractivity contribution in [2.75, 3.05) is 0 Å². The normalized spacial score (nSPS) is 24.0. The van der Waals surface area contributed by atoms with Gasteiger partial charge in [0.2, 0.25) is 0 Å². The molecule has 39 heavy (non-hydrogen) atoms. The molecule has 0 aliphatic heterocycles. The highest BCUT2D eigenvalue weighted by molar-refractivity contribution is 5.28. The molecule has 2 aromatic carbocycles. The first-order valence-electron chi connectivity index (χ1n) is 15.4. The van der Waals surface area contributed by atoms with Crippen LogP contribution in [0.15, 0.2) is 55.1 Å². The SMILES string of the molecule is C=CC1CCC(c2ccc(COC(F)(F)Cc3ccc(C4CCC(CCCCCC)CC4)cc3)c(F)c2)CC1. The van der Waals surface area contributed by atoms with E-state index in [-0.39, 0.29) is 5.56 Å². The molecule has 0 spiro atoms. The third-order valence-electron chi connectivity index (χ3n) is 9.27. The van der Waals surface area contributed by atoms with Crippen LogP contribution in [0.4, 0.5) is 13.2 Å². The summed E-state index contributed by atoms with van der Waals surface area (Å²) in [6.07, 6.45) is 13.9. The van der Waals surface area contributed by atoms with Gasteiger partial charge in [-0.25, -0.2) is 4.39 Å². The lowest BCUT2D eigenvalue weighted by Crippen LogP contribution is -2.24. The number of benzene rings is 2. The van der Waals surface area contributed by atoms with Crippen molar-refractivity contribution in [3.63, 3.8) is 0 Å². The van der Waals surface area contributed by atoms with E-state index in [0.717, 1.165) is 37.2 Å². The Morgan fingerprint density at radius 1 is 0.846 bits per heavy atom. The van der Waals surface area contributed by atoms with Crippen LogP contribution in [0.3, 0.4) is 0 Å². The second kappa shape index (κ2) is 14.5. The Balaban J connectivity index is 1.23. The molecule has 2 aromatic rings. The molecule has 4 rings (SSSR count). The highest BCUT2D eigenvalue weighted by atomic mass is 19.3. The van der Waals surface area contributed by atoms with Gasteiger partial charge in [-0.15, -0.1) is 6.58 Å². The summed E-state index contributed by atoms with van der Waals surface area (Å²) in [7, 11) is 0. The third kappa shape index (κ3) is 8.96. The molecular formula is C35H47F3O. The molecule has 0 aromatic heterocycles. The fraction of sp³-hybridized carbons (Fsp3) is 0.600. The van der Waals surface area contributed by atoms with Gasteiger partial charge in [0.05, 0.1) is 13.0 Å². The van der Waals surface area contributed by atoms with Crippen LogP contribution in [0.5, 0.6) is 0 Å². The van der Waals surface area contributed by atoms with E-state index in [2.05, 4.69) is 13.5 Å². The number of rotatable bonds is 13. The zero-order valence-electron chi connectivity index (χ0n) is 23.8. The molecule has 1 nitrogen and oxygen atoms in total. The average Bonchev–Trinajstić information content (AvgIpc) is 2.95. The molecule has 2 saturated carbocycles. The van der Waals surface area contributed by atoms with Gasteiger partial charge in [-0.2, -0.15) is 8.78 Å². The zero-order chi connectivity index (χ0) is 27.7. The molecule has 2 aliphatic carbocycles. The number of ether oxygens (including phenoxy) is 1. The summed E-state index contributed by atoms with van der Waals surface area (Å²) in [6.45, 7) is 5.69. The molecule has 214 valence electrons. The fourth-order valence-electron chi connectivity index (χ4n) is 6.65. The third-order valence-corrected chi connectivity index (χ3v) is 9.27. The summed E-state index contributed by atoms with van der Waals surface area (Å²) >= 11 is 0. The molecule has 2 fully saturated rings. The van der Waals surface area contributed by atoms with Crippen LogP contribution in [0.2, 0.25) is 0 Å². The minimum Gasteiger partial charge on any atom is -0.315 e. The molecule has 0 atom stereocenters. The summed E-state index contributed by atoms with van der Waals surface area (Å²) in [5.74, 6) is 1.79. The van der Waals surface area contributed by atoms with Crippen LogP contribution < -0.4 is 0 Å². The van der Waals surface area contributed by atoms with Gasteiger partial charge >= 0.3 is 6.11 Å². The first-order chi connectivity index (χ1) is 18.9. The Kier molecular flexibility index (Phi) is 11.1.